The largest absolute Gasteiger partial charge is 0.493 e. The van der Waals surface area contributed by atoms with Crippen molar-refractivity contribution in [3.8, 4) is 5.75 Å². The summed E-state index contributed by atoms with van der Waals surface area (Å²) < 4.78 is 10.6. The molecule has 9 heteroatoms. The third kappa shape index (κ3) is 4.97. The molecule has 0 aliphatic carbocycles. The number of benzene rings is 2. The molecular weight excluding hydrogens is 436 g/mol. The van der Waals surface area contributed by atoms with E-state index in [0.717, 1.165) is 11.3 Å². The Balaban J connectivity index is 1.96. The molecule has 3 rings (SSSR count). The van der Waals surface area contributed by atoms with Crippen LogP contribution < -0.4 is 15.0 Å². The van der Waals surface area contributed by atoms with E-state index in [9.17, 15) is 19.2 Å². The summed E-state index contributed by atoms with van der Waals surface area (Å²) in [6.45, 7) is 4.29. The van der Waals surface area contributed by atoms with Crippen LogP contribution in [0.2, 0.25) is 5.02 Å². The fraction of sp³-hybridized carbons (Fsp3) is 0.217. The topological polar surface area (TPSA) is 102 Å². The molecule has 1 aliphatic heterocycles. The second-order valence-corrected chi connectivity index (χ2v) is 7.19. The molecule has 1 saturated heterocycles. The fourth-order valence-corrected chi connectivity index (χ4v) is 3.16. The number of hydrogen-bond acceptors (Lipinski definition) is 6. The fourth-order valence-electron chi connectivity index (χ4n) is 2.98. The van der Waals surface area contributed by atoms with Crippen LogP contribution in [0.5, 0.6) is 5.75 Å². The molecule has 2 aromatic rings. The number of carbonyl (C=O) groups is 4. The van der Waals surface area contributed by atoms with Crippen molar-refractivity contribution in [1.82, 2.24) is 5.32 Å². The van der Waals surface area contributed by atoms with Gasteiger partial charge < -0.3 is 9.47 Å². The van der Waals surface area contributed by atoms with Gasteiger partial charge in [0.05, 0.1) is 24.5 Å². The van der Waals surface area contributed by atoms with Crippen molar-refractivity contribution in [2.24, 2.45) is 0 Å². The standard InChI is InChI=1S/C23H21ClN2O6/c1-3-11-32-19-10-7-16(24)12-15(19)13-18-20(27)25-23(30)26(21(18)28)17-8-5-14(6-9-17)22(29)31-4-2/h5-10,12-13H,3-4,11H2,1-2H3,(H,25,27,30)/b18-13+. The molecular formula is C23H21ClN2O6. The summed E-state index contributed by atoms with van der Waals surface area (Å²) in [7, 11) is 0. The average Bonchev–Trinajstić information content (AvgIpc) is 2.76. The molecule has 1 aliphatic rings. The predicted octanol–water partition coefficient (Wildman–Crippen LogP) is 3.97. The first-order chi connectivity index (χ1) is 15.3. The van der Waals surface area contributed by atoms with E-state index >= 15 is 0 Å². The van der Waals surface area contributed by atoms with Crippen molar-refractivity contribution in [2.75, 3.05) is 18.1 Å². The van der Waals surface area contributed by atoms with Crippen molar-refractivity contribution in [2.45, 2.75) is 20.3 Å². The number of amides is 4. The van der Waals surface area contributed by atoms with Crippen molar-refractivity contribution in [3.63, 3.8) is 0 Å². The Bertz CT molecular complexity index is 1090. The minimum absolute atomic E-state index is 0.187. The molecule has 0 radical (unpaired) electrons. The Kier molecular flexibility index (Phi) is 7.27. The van der Waals surface area contributed by atoms with E-state index in [0.29, 0.717) is 22.9 Å². The number of nitrogens with one attached hydrogen (secondary N) is 1. The second kappa shape index (κ2) is 10.1. The van der Waals surface area contributed by atoms with Gasteiger partial charge in [-0.3, -0.25) is 14.9 Å². The molecule has 0 bridgehead atoms. The molecule has 0 atom stereocenters. The normalized spacial score (nSPS) is 15.0. The van der Waals surface area contributed by atoms with E-state index in [1.807, 2.05) is 6.92 Å². The van der Waals surface area contributed by atoms with Crippen LogP contribution in [0.3, 0.4) is 0 Å². The lowest BCUT2D eigenvalue weighted by molar-refractivity contribution is -0.122. The van der Waals surface area contributed by atoms with Gasteiger partial charge in [-0.05, 0) is 61.9 Å². The summed E-state index contributed by atoms with van der Waals surface area (Å²) in [6.07, 6.45) is 2.10. The number of barbiturate groups is 1. The Labute approximate surface area is 189 Å². The first kappa shape index (κ1) is 23.0. The smallest absolute Gasteiger partial charge is 0.338 e. The number of urea groups is 1. The third-order valence-electron chi connectivity index (χ3n) is 4.47. The van der Waals surface area contributed by atoms with Gasteiger partial charge in [0.25, 0.3) is 11.8 Å². The zero-order chi connectivity index (χ0) is 23.3. The lowest BCUT2D eigenvalue weighted by Crippen LogP contribution is -2.54. The highest BCUT2D eigenvalue weighted by molar-refractivity contribution is 6.39. The zero-order valence-electron chi connectivity index (χ0n) is 17.5. The molecule has 0 aromatic heterocycles. The quantitative estimate of drug-likeness (QED) is 0.384. The molecule has 4 amide bonds. The van der Waals surface area contributed by atoms with Crippen LogP contribution in [-0.4, -0.2) is 37.0 Å². The monoisotopic (exact) mass is 456 g/mol. The maximum atomic E-state index is 13.1. The number of halogens is 1. The van der Waals surface area contributed by atoms with Crippen LogP contribution in [0.15, 0.2) is 48.0 Å². The molecule has 0 unspecified atom stereocenters. The number of imide groups is 2. The maximum Gasteiger partial charge on any atom is 0.338 e. The minimum Gasteiger partial charge on any atom is -0.493 e. The van der Waals surface area contributed by atoms with Gasteiger partial charge in [0.15, 0.2) is 0 Å². The molecule has 8 nitrogen and oxygen atoms in total. The SMILES string of the molecule is CCCOc1ccc(Cl)cc1/C=C1\C(=O)NC(=O)N(c2ccc(C(=O)OCC)cc2)C1=O. The Morgan fingerprint density at radius 3 is 2.47 bits per heavy atom. The van der Waals surface area contributed by atoms with E-state index in [1.165, 1.54) is 30.3 Å². The Hall–Kier alpha value is -3.65. The predicted molar refractivity (Wildman–Crippen MR) is 119 cm³/mol. The average molecular weight is 457 g/mol. The van der Waals surface area contributed by atoms with Gasteiger partial charge in [0.1, 0.15) is 11.3 Å². The summed E-state index contributed by atoms with van der Waals surface area (Å²) in [6, 6.07) is 9.66. The molecule has 0 spiro atoms. The van der Waals surface area contributed by atoms with Crippen molar-refractivity contribution >= 4 is 47.2 Å². The van der Waals surface area contributed by atoms with Crippen LogP contribution >= 0.6 is 11.6 Å². The van der Waals surface area contributed by atoms with Gasteiger partial charge in [-0.1, -0.05) is 18.5 Å². The van der Waals surface area contributed by atoms with Gasteiger partial charge >= 0.3 is 12.0 Å². The molecule has 1 fully saturated rings. The zero-order valence-corrected chi connectivity index (χ0v) is 18.3. The summed E-state index contributed by atoms with van der Waals surface area (Å²) >= 11 is 6.08. The van der Waals surface area contributed by atoms with Crippen molar-refractivity contribution in [1.29, 1.82) is 0 Å². The molecule has 1 heterocycles. The van der Waals surface area contributed by atoms with E-state index in [-0.39, 0.29) is 23.4 Å². The van der Waals surface area contributed by atoms with Crippen molar-refractivity contribution in [3.05, 3.63) is 64.2 Å². The van der Waals surface area contributed by atoms with Crippen molar-refractivity contribution < 1.29 is 28.7 Å². The molecule has 2 aromatic carbocycles. The van der Waals surface area contributed by atoms with E-state index in [1.54, 1.807) is 25.1 Å². The molecule has 0 saturated carbocycles. The number of ether oxygens (including phenoxy) is 2. The van der Waals surface area contributed by atoms with Gasteiger partial charge in [0, 0.05) is 10.6 Å². The summed E-state index contributed by atoms with van der Waals surface area (Å²) in [4.78, 5) is 50.6. The highest BCUT2D eigenvalue weighted by atomic mass is 35.5. The molecule has 1 N–H and O–H groups in total. The second-order valence-electron chi connectivity index (χ2n) is 6.76. The highest BCUT2D eigenvalue weighted by Gasteiger charge is 2.37. The number of esters is 1. The molecule has 32 heavy (non-hydrogen) atoms. The summed E-state index contributed by atoms with van der Waals surface area (Å²) in [5, 5.41) is 2.55. The van der Waals surface area contributed by atoms with E-state index < -0.39 is 23.8 Å². The third-order valence-corrected chi connectivity index (χ3v) is 4.71. The summed E-state index contributed by atoms with van der Waals surface area (Å²) in [5.74, 6) is -1.72. The first-order valence-corrected chi connectivity index (χ1v) is 10.3. The maximum absolute atomic E-state index is 13.1. The van der Waals surface area contributed by atoms with Gasteiger partial charge in [-0.25, -0.2) is 14.5 Å². The van der Waals surface area contributed by atoms with Crippen LogP contribution in [0.4, 0.5) is 10.5 Å². The van der Waals surface area contributed by atoms with Gasteiger partial charge in [-0.2, -0.15) is 0 Å². The van der Waals surface area contributed by atoms with Crippen LogP contribution in [0, 0.1) is 0 Å². The summed E-state index contributed by atoms with van der Waals surface area (Å²) in [5.41, 5.74) is 0.621. The minimum atomic E-state index is -0.894. The highest BCUT2D eigenvalue weighted by Crippen LogP contribution is 2.28. The first-order valence-electron chi connectivity index (χ1n) is 9.96. The van der Waals surface area contributed by atoms with Crippen LogP contribution in [0.25, 0.3) is 6.08 Å². The number of carbonyl (C=O) groups excluding carboxylic acids is 4. The van der Waals surface area contributed by atoms with Crippen LogP contribution in [0.1, 0.15) is 36.2 Å². The Morgan fingerprint density at radius 2 is 1.81 bits per heavy atom. The van der Waals surface area contributed by atoms with Gasteiger partial charge in [0.2, 0.25) is 0 Å². The number of anilines is 1. The van der Waals surface area contributed by atoms with Crippen LogP contribution in [-0.2, 0) is 14.3 Å². The Morgan fingerprint density at radius 1 is 1.09 bits per heavy atom. The van der Waals surface area contributed by atoms with E-state index in [4.69, 9.17) is 21.1 Å². The number of hydrogen-bond donors (Lipinski definition) is 1. The molecule has 166 valence electrons. The lowest BCUT2D eigenvalue weighted by atomic mass is 10.1. The lowest BCUT2D eigenvalue weighted by Gasteiger charge is -2.26. The van der Waals surface area contributed by atoms with Gasteiger partial charge in [-0.15, -0.1) is 0 Å². The number of rotatable bonds is 7. The number of nitrogens with zero attached hydrogens (tertiary/aromatic N) is 1. The van der Waals surface area contributed by atoms with E-state index in [2.05, 4.69) is 5.32 Å².